The lowest BCUT2D eigenvalue weighted by molar-refractivity contribution is 0.342. The zero-order valence-electron chi connectivity index (χ0n) is 18.9. The molecule has 0 radical (unpaired) electrons. The first-order valence-corrected chi connectivity index (χ1v) is 13.4. The first-order valence-electron chi connectivity index (χ1n) is 10.5. The topological polar surface area (TPSA) is 169 Å². The Morgan fingerprint density at radius 1 is 0.833 bits per heavy atom. The van der Waals surface area contributed by atoms with Crippen molar-refractivity contribution in [2.75, 3.05) is 12.3 Å². The Hall–Kier alpha value is -3.84. The average Bonchev–Trinajstić information content (AvgIpc) is 2.84. The Bertz CT molecular complexity index is 1700. The van der Waals surface area contributed by atoms with Gasteiger partial charge < -0.3 is 10.5 Å². The highest BCUT2D eigenvalue weighted by Crippen LogP contribution is 2.40. The maximum absolute atomic E-state index is 11.7. The Kier molecular flexibility index (Phi) is 6.78. The molecule has 0 saturated heterocycles. The average molecular weight is 528 g/mol. The molecule has 0 atom stereocenters. The molecule has 10 nitrogen and oxygen atoms in total. The van der Waals surface area contributed by atoms with E-state index in [1.807, 2.05) is 6.92 Å². The summed E-state index contributed by atoms with van der Waals surface area (Å²) in [5.41, 5.74) is 8.23. The number of benzene rings is 4. The maximum Gasteiger partial charge on any atom is 0.296 e. The second-order valence-corrected chi connectivity index (χ2v) is 10.5. The van der Waals surface area contributed by atoms with Crippen molar-refractivity contribution < 1.29 is 30.7 Å². The van der Waals surface area contributed by atoms with Gasteiger partial charge in [-0.3, -0.25) is 9.11 Å². The predicted octanol–water partition coefficient (Wildman–Crippen LogP) is 5.40. The van der Waals surface area contributed by atoms with E-state index < -0.39 is 20.2 Å². The second-order valence-electron chi connectivity index (χ2n) is 7.64. The van der Waals surface area contributed by atoms with Gasteiger partial charge in [-0.2, -0.15) is 21.9 Å². The van der Waals surface area contributed by atoms with E-state index >= 15 is 0 Å². The van der Waals surface area contributed by atoms with Gasteiger partial charge in [-0.1, -0.05) is 30.3 Å². The highest BCUT2D eigenvalue weighted by molar-refractivity contribution is 7.86. The Morgan fingerprint density at radius 2 is 1.53 bits per heavy atom. The first kappa shape index (κ1) is 25.3. The quantitative estimate of drug-likeness (QED) is 0.163. The first-order chi connectivity index (χ1) is 17.0. The van der Waals surface area contributed by atoms with Gasteiger partial charge in [-0.15, -0.1) is 5.11 Å². The van der Waals surface area contributed by atoms with Crippen molar-refractivity contribution in [3.63, 3.8) is 0 Å². The number of nitrogens with zero attached hydrogens (tertiary/aromatic N) is 2. The third-order valence-electron chi connectivity index (χ3n) is 5.30. The van der Waals surface area contributed by atoms with E-state index in [0.29, 0.717) is 45.6 Å². The number of hydrogen-bond acceptors (Lipinski definition) is 8. The normalized spacial score (nSPS) is 12.3. The van der Waals surface area contributed by atoms with Gasteiger partial charge >= 0.3 is 0 Å². The number of nitrogens with two attached hydrogens (primary N) is 1. The van der Waals surface area contributed by atoms with Gasteiger partial charge in [0.1, 0.15) is 16.3 Å². The minimum absolute atomic E-state index is 0.0206. The maximum atomic E-state index is 11.7. The summed E-state index contributed by atoms with van der Waals surface area (Å²) in [7, 11) is -8.91. The van der Waals surface area contributed by atoms with Crippen LogP contribution in [-0.4, -0.2) is 32.5 Å². The molecule has 4 aromatic rings. The molecule has 0 spiro atoms. The van der Waals surface area contributed by atoms with E-state index in [1.54, 1.807) is 36.4 Å². The van der Waals surface area contributed by atoms with Crippen LogP contribution in [0.4, 0.5) is 17.1 Å². The molecule has 0 aromatic heterocycles. The monoisotopic (exact) mass is 527 g/mol. The molecule has 0 fully saturated rings. The van der Waals surface area contributed by atoms with Crippen LogP contribution in [0.25, 0.3) is 21.9 Å². The van der Waals surface area contributed by atoms with Crippen molar-refractivity contribution in [2.45, 2.75) is 16.7 Å². The predicted molar refractivity (Wildman–Crippen MR) is 135 cm³/mol. The molecule has 0 aliphatic carbocycles. The third-order valence-corrected chi connectivity index (χ3v) is 7.06. The molecule has 0 unspecified atom stereocenters. The number of rotatable bonds is 7. The van der Waals surface area contributed by atoms with Crippen LogP contribution in [0, 0.1) is 0 Å². The van der Waals surface area contributed by atoms with Crippen LogP contribution in [0.3, 0.4) is 0 Å². The molecular weight excluding hydrogens is 506 g/mol. The van der Waals surface area contributed by atoms with E-state index in [0.717, 1.165) is 0 Å². The molecule has 0 saturated carbocycles. The molecule has 36 heavy (non-hydrogen) atoms. The summed E-state index contributed by atoms with van der Waals surface area (Å²) in [6.45, 7) is 2.17. The van der Waals surface area contributed by atoms with Crippen LogP contribution < -0.4 is 10.5 Å². The molecule has 0 amide bonds. The highest BCUT2D eigenvalue weighted by atomic mass is 32.2. The SMILES string of the molecule is CCOc1cc(-c2ccc(/N=N/c3ccccc3S(=O)(=O)O)cc2)c2cc(S(=O)(=O)O)ccc2c1N. The molecule has 0 aliphatic heterocycles. The lowest BCUT2D eigenvalue weighted by atomic mass is 9.96. The molecule has 4 aromatic carbocycles. The molecule has 186 valence electrons. The zero-order valence-corrected chi connectivity index (χ0v) is 20.5. The summed E-state index contributed by atoms with van der Waals surface area (Å²) < 4.78 is 71.1. The Morgan fingerprint density at radius 3 is 2.17 bits per heavy atom. The molecule has 0 bridgehead atoms. The van der Waals surface area contributed by atoms with Gasteiger partial charge in [-0.05, 0) is 65.9 Å². The van der Waals surface area contributed by atoms with Crippen LogP contribution >= 0.6 is 0 Å². The fourth-order valence-corrected chi connectivity index (χ4v) is 4.78. The minimum atomic E-state index is -4.46. The molecule has 4 N–H and O–H groups in total. The van der Waals surface area contributed by atoms with Crippen molar-refractivity contribution in [3.05, 3.63) is 72.8 Å². The smallest absolute Gasteiger partial charge is 0.296 e. The number of azo groups is 1. The van der Waals surface area contributed by atoms with Crippen LogP contribution in [0.2, 0.25) is 0 Å². The van der Waals surface area contributed by atoms with Crippen LogP contribution in [0.15, 0.2) is 92.8 Å². The van der Waals surface area contributed by atoms with E-state index in [9.17, 15) is 25.9 Å². The van der Waals surface area contributed by atoms with E-state index in [4.69, 9.17) is 10.5 Å². The second kappa shape index (κ2) is 9.66. The van der Waals surface area contributed by atoms with Gasteiger partial charge in [0.05, 0.1) is 22.9 Å². The molecular formula is C24H21N3O7S2. The molecule has 4 rings (SSSR count). The zero-order chi connectivity index (χ0) is 26.1. The van der Waals surface area contributed by atoms with Gasteiger partial charge in [0.15, 0.2) is 0 Å². The fraction of sp³-hybridized carbons (Fsp3) is 0.0833. The number of anilines is 1. The molecule has 12 heteroatoms. The summed E-state index contributed by atoms with van der Waals surface area (Å²) >= 11 is 0. The third kappa shape index (κ3) is 5.21. The molecule has 0 aliphatic rings. The number of fused-ring (bicyclic) bond motifs is 1. The summed E-state index contributed by atoms with van der Waals surface area (Å²) in [6, 6.07) is 18.1. The van der Waals surface area contributed by atoms with Crippen molar-refractivity contribution >= 4 is 48.1 Å². The lowest BCUT2D eigenvalue weighted by Gasteiger charge is -2.15. The summed E-state index contributed by atoms with van der Waals surface area (Å²) in [5, 5.41) is 9.02. The van der Waals surface area contributed by atoms with E-state index in [1.165, 1.54) is 36.4 Å². The number of ether oxygens (including phenoxy) is 1. The lowest BCUT2D eigenvalue weighted by Crippen LogP contribution is -2.01. The van der Waals surface area contributed by atoms with Gasteiger partial charge in [0, 0.05) is 5.39 Å². The van der Waals surface area contributed by atoms with E-state index in [2.05, 4.69) is 10.2 Å². The Labute approximate surface area is 207 Å². The molecule has 0 heterocycles. The number of nitrogen functional groups attached to an aromatic ring is 1. The van der Waals surface area contributed by atoms with Crippen molar-refractivity contribution in [1.82, 2.24) is 0 Å². The summed E-state index contributed by atoms with van der Waals surface area (Å²) in [4.78, 5) is -0.639. The number of hydrogen-bond donors (Lipinski definition) is 3. The van der Waals surface area contributed by atoms with Crippen molar-refractivity contribution in [2.24, 2.45) is 10.2 Å². The van der Waals surface area contributed by atoms with Gasteiger partial charge in [-0.25, -0.2) is 0 Å². The fourth-order valence-electron chi connectivity index (χ4n) is 3.65. The van der Waals surface area contributed by atoms with Crippen LogP contribution in [0.5, 0.6) is 5.75 Å². The summed E-state index contributed by atoms with van der Waals surface area (Å²) in [6.07, 6.45) is 0. The van der Waals surface area contributed by atoms with Gasteiger partial charge in [0.2, 0.25) is 0 Å². The summed E-state index contributed by atoms with van der Waals surface area (Å²) in [5.74, 6) is 0.421. The van der Waals surface area contributed by atoms with Crippen LogP contribution in [0.1, 0.15) is 6.92 Å². The van der Waals surface area contributed by atoms with Crippen LogP contribution in [-0.2, 0) is 20.2 Å². The Balaban J connectivity index is 1.79. The largest absolute Gasteiger partial charge is 0.492 e. The minimum Gasteiger partial charge on any atom is -0.492 e. The highest BCUT2D eigenvalue weighted by Gasteiger charge is 2.17. The van der Waals surface area contributed by atoms with Crippen molar-refractivity contribution in [3.8, 4) is 16.9 Å². The van der Waals surface area contributed by atoms with Crippen molar-refractivity contribution in [1.29, 1.82) is 0 Å². The standard InChI is InChI=1S/C24H21N3O7S2/c1-2-34-22-14-19(20-13-17(35(28,29)30)11-12-18(20)24(22)25)15-7-9-16(10-8-15)26-27-21-5-3-4-6-23(21)36(31,32)33/h3-14H,2,25H2,1H3,(H,28,29,30)(H,31,32,33)/b27-26+. The van der Waals surface area contributed by atoms with E-state index in [-0.39, 0.29) is 15.5 Å². The van der Waals surface area contributed by atoms with Gasteiger partial charge in [0.25, 0.3) is 20.2 Å².